The van der Waals surface area contributed by atoms with Gasteiger partial charge in [-0.25, -0.2) is 0 Å². The van der Waals surface area contributed by atoms with Crippen LogP contribution < -0.4 is 0 Å². The van der Waals surface area contributed by atoms with Crippen molar-refractivity contribution in [2.45, 2.75) is 19.4 Å². The van der Waals surface area contributed by atoms with Crippen molar-refractivity contribution in [3.05, 3.63) is 23.0 Å². The maximum Gasteiger partial charge on any atom is 0.135 e. The fraction of sp³-hybridized carbons (Fsp3) is 0.375. The quantitative estimate of drug-likeness (QED) is 0.703. The first-order chi connectivity index (χ1) is 5.41. The molecule has 1 aromatic rings. The molecule has 0 saturated heterocycles. The molecule has 1 heterocycles. The Morgan fingerprint density at radius 3 is 2.50 bits per heavy atom. The predicted octanol–water partition coefficient (Wildman–Crippen LogP) is 1.67. The normalized spacial score (nSPS) is 11.7. The SMILES string of the molecule is CC(C)(O)c1ncc(O)cc1Cl. The maximum atomic E-state index is 9.53. The van der Waals surface area contributed by atoms with Crippen LogP contribution in [0.4, 0.5) is 0 Å². The molecule has 1 aromatic heterocycles. The van der Waals surface area contributed by atoms with Gasteiger partial charge in [-0.3, -0.25) is 4.98 Å². The van der Waals surface area contributed by atoms with Crippen LogP contribution in [0.3, 0.4) is 0 Å². The number of aliphatic hydroxyl groups is 1. The summed E-state index contributed by atoms with van der Waals surface area (Å²) in [6.45, 7) is 3.16. The van der Waals surface area contributed by atoms with Gasteiger partial charge in [0, 0.05) is 6.07 Å². The van der Waals surface area contributed by atoms with Gasteiger partial charge in [0.1, 0.15) is 11.4 Å². The average molecular weight is 188 g/mol. The molecule has 0 bridgehead atoms. The Morgan fingerprint density at radius 2 is 2.08 bits per heavy atom. The second kappa shape index (κ2) is 2.92. The van der Waals surface area contributed by atoms with Crippen molar-refractivity contribution in [2.24, 2.45) is 0 Å². The molecule has 0 fully saturated rings. The molecule has 0 aliphatic heterocycles. The first-order valence-corrected chi connectivity index (χ1v) is 3.86. The van der Waals surface area contributed by atoms with Crippen LogP contribution in [0.2, 0.25) is 5.02 Å². The van der Waals surface area contributed by atoms with E-state index in [2.05, 4.69) is 4.98 Å². The topological polar surface area (TPSA) is 53.4 Å². The number of hydrogen-bond donors (Lipinski definition) is 2. The van der Waals surface area contributed by atoms with Gasteiger partial charge in [0.25, 0.3) is 0 Å². The van der Waals surface area contributed by atoms with Crippen LogP contribution in [0.15, 0.2) is 12.3 Å². The first-order valence-electron chi connectivity index (χ1n) is 3.48. The molecule has 0 aromatic carbocycles. The van der Waals surface area contributed by atoms with Crippen molar-refractivity contribution in [2.75, 3.05) is 0 Å². The van der Waals surface area contributed by atoms with Gasteiger partial charge in [0.05, 0.1) is 16.9 Å². The van der Waals surface area contributed by atoms with E-state index in [1.165, 1.54) is 12.3 Å². The lowest BCUT2D eigenvalue weighted by Gasteiger charge is -2.17. The van der Waals surface area contributed by atoms with E-state index in [9.17, 15) is 5.11 Å². The zero-order valence-corrected chi connectivity index (χ0v) is 7.63. The van der Waals surface area contributed by atoms with Crippen molar-refractivity contribution in [1.29, 1.82) is 0 Å². The number of rotatable bonds is 1. The van der Waals surface area contributed by atoms with E-state index in [1.807, 2.05) is 0 Å². The molecule has 0 aliphatic rings. The van der Waals surface area contributed by atoms with E-state index in [0.717, 1.165) is 0 Å². The second-order valence-corrected chi connectivity index (χ2v) is 3.49. The van der Waals surface area contributed by atoms with E-state index in [1.54, 1.807) is 13.8 Å². The van der Waals surface area contributed by atoms with Gasteiger partial charge in [0.15, 0.2) is 0 Å². The third-order valence-corrected chi connectivity index (χ3v) is 1.69. The highest BCUT2D eigenvalue weighted by molar-refractivity contribution is 6.31. The second-order valence-electron chi connectivity index (χ2n) is 3.08. The smallest absolute Gasteiger partial charge is 0.135 e. The molecule has 0 aliphatic carbocycles. The predicted molar refractivity (Wildman–Crippen MR) is 46.2 cm³/mol. The fourth-order valence-electron chi connectivity index (χ4n) is 0.878. The Bertz CT molecular complexity index is 294. The highest BCUT2D eigenvalue weighted by Gasteiger charge is 2.21. The van der Waals surface area contributed by atoms with E-state index >= 15 is 0 Å². The van der Waals surface area contributed by atoms with Gasteiger partial charge in [-0.05, 0) is 13.8 Å². The van der Waals surface area contributed by atoms with E-state index in [4.69, 9.17) is 16.7 Å². The molecule has 3 nitrogen and oxygen atoms in total. The summed E-state index contributed by atoms with van der Waals surface area (Å²) >= 11 is 5.73. The molecule has 0 amide bonds. The molecule has 12 heavy (non-hydrogen) atoms. The Hall–Kier alpha value is -0.800. The van der Waals surface area contributed by atoms with Gasteiger partial charge >= 0.3 is 0 Å². The third kappa shape index (κ3) is 1.87. The summed E-state index contributed by atoms with van der Waals surface area (Å²) in [5, 5.41) is 18.8. The Labute approximate surface area is 75.6 Å². The standard InChI is InChI=1S/C8H10ClNO2/c1-8(2,12)7-6(9)3-5(11)4-10-7/h3-4,11-12H,1-2H3. The fourth-order valence-corrected chi connectivity index (χ4v) is 1.27. The molecule has 0 radical (unpaired) electrons. The zero-order chi connectivity index (χ0) is 9.35. The molecule has 0 spiro atoms. The first kappa shape index (κ1) is 9.29. The number of aromatic hydroxyl groups is 1. The Morgan fingerprint density at radius 1 is 1.50 bits per heavy atom. The van der Waals surface area contributed by atoms with Crippen LogP contribution in [0.25, 0.3) is 0 Å². The molecular formula is C8H10ClNO2. The minimum Gasteiger partial charge on any atom is -0.506 e. The summed E-state index contributed by atoms with van der Waals surface area (Å²) in [7, 11) is 0. The minimum absolute atomic E-state index is 0.00648. The van der Waals surface area contributed by atoms with Crippen molar-refractivity contribution in [3.63, 3.8) is 0 Å². The maximum absolute atomic E-state index is 9.53. The average Bonchev–Trinajstić information content (AvgIpc) is 1.83. The largest absolute Gasteiger partial charge is 0.506 e. The van der Waals surface area contributed by atoms with Crippen molar-refractivity contribution < 1.29 is 10.2 Å². The summed E-state index contributed by atoms with van der Waals surface area (Å²) in [5.74, 6) is -0.00648. The highest BCUT2D eigenvalue weighted by Crippen LogP contribution is 2.27. The van der Waals surface area contributed by atoms with Crippen molar-refractivity contribution in [3.8, 4) is 5.75 Å². The van der Waals surface area contributed by atoms with Gasteiger partial charge < -0.3 is 10.2 Å². The molecule has 66 valence electrons. The number of nitrogens with zero attached hydrogens (tertiary/aromatic N) is 1. The summed E-state index contributed by atoms with van der Waals surface area (Å²) in [5.41, 5.74) is -0.716. The number of aromatic nitrogens is 1. The van der Waals surface area contributed by atoms with E-state index in [0.29, 0.717) is 5.69 Å². The minimum atomic E-state index is -1.08. The summed E-state index contributed by atoms with van der Waals surface area (Å²) < 4.78 is 0. The number of halogens is 1. The van der Waals surface area contributed by atoms with E-state index in [-0.39, 0.29) is 10.8 Å². The highest BCUT2D eigenvalue weighted by atomic mass is 35.5. The summed E-state index contributed by atoms with van der Waals surface area (Å²) in [6.07, 6.45) is 1.25. The van der Waals surface area contributed by atoms with Crippen LogP contribution in [-0.4, -0.2) is 15.2 Å². The van der Waals surface area contributed by atoms with Crippen LogP contribution in [0, 0.1) is 0 Å². The molecule has 0 atom stereocenters. The monoisotopic (exact) mass is 187 g/mol. The zero-order valence-electron chi connectivity index (χ0n) is 6.87. The van der Waals surface area contributed by atoms with Crippen LogP contribution in [0.1, 0.15) is 19.5 Å². The molecule has 4 heteroatoms. The molecular weight excluding hydrogens is 178 g/mol. The lowest BCUT2D eigenvalue weighted by Crippen LogP contribution is -2.17. The molecule has 0 saturated carbocycles. The lowest BCUT2D eigenvalue weighted by atomic mass is 10.1. The Balaban J connectivity index is 3.19. The van der Waals surface area contributed by atoms with Crippen LogP contribution in [-0.2, 0) is 5.60 Å². The van der Waals surface area contributed by atoms with Crippen LogP contribution in [0.5, 0.6) is 5.75 Å². The number of hydrogen-bond acceptors (Lipinski definition) is 3. The lowest BCUT2D eigenvalue weighted by molar-refractivity contribution is 0.0739. The number of pyridine rings is 1. The van der Waals surface area contributed by atoms with Gasteiger partial charge in [-0.2, -0.15) is 0 Å². The summed E-state index contributed by atoms with van der Waals surface area (Å²) in [6, 6.07) is 1.35. The van der Waals surface area contributed by atoms with Gasteiger partial charge in [-0.15, -0.1) is 0 Å². The van der Waals surface area contributed by atoms with Gasteiger partial charge in [-0.1, -0.05) is 11.6 Å². The van der Waals surface area contributed by atoms with Gasteiger partial charge in [0.2, 0.25) is 0 Å². The van der Waals surface area contributed by atoms with E-state index < -0.39 is 5.60 Å². The molecule has 0 unspecified atom stereocenters. The Kier molecular flexibility index (Phi) is 2.26. The molecule has 1 rings (SSSR count). The van der Waals surface area contributed by atoms with Crippen molar-refractivity contribution in [1.82, 2.24) is 4.98 Å². The van der Waals surface area contributed by atoms with Crippen molar-refractivity contribution >= 4 is 11.6 Å². The molecule has 2 N–H and O–H groups in total. The van der Waals surface area contributed by atoms with Crippen LogP contribution >= 0.6 is 11.6 Å². The summed E-state index contributed by atoms with van der Waals surface area (Å²) in [4.78, 5) is 3.82. The third-order valence-electron chi connectivity index (χ3n) is 1.41.